The molecule has 88 valence electrons. The van der Waals surface area contributed by atoms with Gasteiger partial charge in [-0.15, -0.1) is 11.8 Å². The van der Waals surface area contributed by atoms with Gasteiger partial charge in [0.15, 0.2) is 0 Å². The highest BCUT2D eigenvalue weighted by atomic mass is 32.2. The summed E-state index contributed by atoms with van der Waals surface area (Å²) in [7, 11) is 0. The lowest BCUT2D eigenvalue weighted by Crippen LogP contribution is -2.22. The molecule has 1 aromatic rings. The number of aliphatic hydroxyl groups is 1. The number of hydrogen-bond donors (Lipinski definition) is 1. The molecule has 0 amide bonds. The van der Waals surface area contributed by atoms with Crippen molar-refractivity contribution in [3.63, 3.8) is 0 Å². The third-order valence-corrected chi connectivity index (χ3v) is 6.13. The van der Waals surface area contributed by atoms with Crippen LogP contribution in [0.2, 0.25) is 0 Å². The standard InChI is InChI=1S/C11H16N2OS2/c1-7-8(2)16-10(6-15-7)11-12-3-9(5-14)4-13-11/h3-4,7-8,10,14H,5-6H2,1-2H3. The first-order valence-corrected chi connectivity index (χ1v) is 7.38. The molecule has 1 aliphatic heterocycles. The number of rotatable bonds is 2. The number of nitrogens with zero attached hydrogens (tertiary/aromatic N) is 2. The van der Waals surface area contributed by atoms with E-state index in [2.05, 4.69) is 23.8 Å². The Labute approximate surface area is 104 Å². The molecule has 1 N–H and O–H groups in total. The molecule has 0 aliphatic carbocycles. The molecule has 2 rings (SSSR count). The average Bonchev–Trinajstić information content (AvgIpc) is 2.33. The predicted molar refractivity (Wildman–Crippen MR) is 69.7 cm³/mol. The maximum atomic E-state index is 8.93. The van der Waals surface area contributed by atoms with Crippen molar-refractivity contribution in [1.82, 2.24) is 9.97 Å². The molecule has 0 radical (unpaired) electrons. The summed E-state index contributed by atoms with van der Waals surface area (Å²) in [5, 5.41) is 10.7. The minimum Gasteiger partial charge on any atom is -0.392 e. The van der Waals surface area contributed by atoms with E-state index in [0.717, 1.165) is 17.1 Å². The van der Waals surface area contributed by atoms with E-state index in [-0.39, 0.29) is 6.61 Å². The first kappa shape index (κ1) is 12.2. The summed E-state index contributed by atoms with van der Waals surface area (Å²) in [5.74, 6) is 1.97. The Morgan fingerprint density at radius 2 is 2.00 bits per heavy atom. The summed E-state index contributed by atoms with van der Waals surface area (Å²) in [6.07, 6.45) is 3.44. The molecular weight excluding hydrogens is 240 g/mol. The van der Waals surface area contributed by atoms with Gasteiger partial charge >= 0.3 is 0 Å². The summed E-state index contributed by atoms with van der Waals surface area (Å²) < 4.78 is 0. The van der Waals surface area contributed by atoms with Crippen LogP contribution in [-0.4, -0.2) is 31.3 Å². The van der Waals surface area contributed by atoms with Gasteiger partial charge in [-0.25, -0.2) is 9.97 Å². The Morgan fingerprint density at radius 3 is 2.56 bits per heavy atom. The van der Waals surface area contributed by atoms with Gasteiger partial charge in [0.1, 0.15) is 5.82 Å². The SMILES string of the molecule is CC1SCC(c2ncc(CO)cn2)SC1C. The van der Waals surface area contributed by atoms with Crippen LogP contribution in [0.4, 0.5) is 0 Å². The van der Waals surface area contributed by atoms with Crippen molar-refractivity contribution in [2.75, 3.05) is 5.75 Å². The van der Waals surface area contributed by atoms with Crippen LogP contribution in [0.5, 0.6) is 0 Å². The third kappa shape index (κ3) is 2.70. The zero-order valence-electron chi connectivity index (χ0n) is 9.46. The quantitative estimate of drug-likeness (QED) is 0.879. The predicted octanol–water partition coefficient (Wildman–Crippen LogP) is 2.27. The molecule has 1 fully saturated rings. The summed E-state index contributed by atoms with van der Waals surface area (Å²) in [6, 6.07) is 0. The molecule has 0 saturated carbocycles. The Hall–Kier alpha value is -0.260. The number of aromatic nitrogens is 2. The van der Waals surface area contributed by atoms with E-state index in [4.69, 9.17) is 5.11 Å². The monoisotopic (exact) mass is 256 g/mol. The topological polar surface area (TPSA) is 46.0 Å². The van der Waals surface area contributed by atoms with Crippen molar-refractivity contribution in [3.05, 3.63) is 23.8 Å². The normalized spacial score (nSPS) is 30.3. The maximum Gasteiger partial charge on any atom is 0.142 e. The molecule has 16 heavy (non-hydrogen) atoms. The van der Waals surface area contributed by atoms with Gasteiger partial charge < -0.3 is 5.11 Å². The van der Waals surface area contributed by atoms with Crippen molar-refractivity contribution in [2.45, 2.75) is 36.2 Å². The van der Waals surface area contributed by atoms with Gasteiger partial charge in [-0.1, -0.05) is 13.8 Å². The molecule has 1 aliphatic rings. The number of aliphatic hydroxyl groups excluding tert-OH is 1. The van der Waals surface area contributed by atoms with E-state index in [1.807, 2.05) is 23.5 Å². The summed E-state index contributed by atoms with van der Waals surface area (Å²) >= 11 is 3.94. The molecule has 0 bridgehead atoms. The largest absolute Gasteiger partial charge is 0.392 e. The zero-order valence-corrected chi connectivity index (χ0v) is 11.1. The van der Waals surface area contributed by atoms with Crippen LogP contribution in [0.1, 0.15) is 30.5 Å². The number of thioether (sulfide) groups is 2. The van der Waals surface area contributed by atoms with E-state index in [1.165, 1.54) is 0 Å². The lowest BCUT2D eigenvalue weighted by atomic mass is 10.3. The van der Waals surface area contributed by atoms with Crippen molar-refractivity contribution >= 4 is 23.5 Å². The fourth-order valence-electron chi connectivity index (χ4n) is 1.53. The lowest BCUT2D eigenvalue weighted by molar-refractivity contribution is 0.280. The van der Waals surface area contributed by atoms with E-state index in [0.29, 0.717) is 15.7 Å². The van der Waals surface area contributed by atoms with E-state index in [9.17, 15) is 0 Å². The van der Waals surface area contributed by atoms with Gasteiger partial charge in [-0.2, -0.15) is 11.8 Å². The van der Waals surface area contributed by atoms with Crippen molar-refractivity contribution in [3.8, 4) is 0 Å². The first-order chi connectivity index (χ1) is 7.70. The zero-order chi connectivity index (χ0) is 11.5. The second-order valence-corrected chi connectivity index (χ2v) is 6.97. The molecule has 1 saturated heterocycles. The highest BCUT2D eigenvalue weighted by Gasteiger charge is 2.28. The minimum atomic E-state index is 0.0142. The second-order valence-electron chi connectivity index (χ2n) is 3.98. The van der Waals surface area contributed by atoms with Crippen molar-refractivity contribution in [2.24, 2.45) is 0 Å². The molecule has 2 heterocycles. The average molecular weight is 256 g/mol. The molecule has 3 nitrogen and oxygen atoms in total. The van der Waals surface area contributed by atoms with Gasteiger partial charge in [0, 0.05) is 34.2 Å². The van der Waals surface area contributed by atoms with Crippen LogP contribution >= 0.6 is 23.5 Å². The van der Waals surface area contributed by atoms with Crippen LogP contribution in [-0.2, 0) is 6.61 Å². The van der Waals surface area contributed by atoms with Gasteiger partial charge in [0.05, 0.1) is 11.9 Å². The fourth-order valence-corrected chi connectivity index (χ4v) is 4.39. The van der Waals surface area contributed by atoms with Crippen LogP contribution in [0.3, 0.4) is 0 Å². The van der Waals surface area contributed by atoms with E-state index < -0.39 is 0 Å². The van der Waals surface area contributed by atoms with Crippen LogP contribution < -0.4 is 0 Å². The Morgan fingerprint density at radius 1 is 1.31 bits per heavy atom. The van der Waals surface area contributed by atoms with Gasteiger partial charge in [-0.3, -0.25) is 0 Å². The molecule has 1 aromatic heterocycles. The van der Waals surface area contributed by atoms with E-state index in [1.54, 1.807) is 12.4 Å². The van der Waals surface area contributed by atoms with Crippen molar-refractivity contribution in [1.29, 1.82) is 0 Å². The molecule has 0 spiro atoms. The Bertz CT molecular complexity index is 344. The van der Waals surface area contributed by atoms with Gasteiger partial charge in [0.25, 0.3) is 0 Å². The van der Waals surface area contributed by atoms with Gasteiger partial charge in [-0.05, 0) is 0 Å². The minimum absolute atomic E-state index is 0.0142. The smallest absolute Gasteiger partial charge is 0.142 e. The molecule has 5 heteroatoms. The summed E-state index contributed by atoms with van der Waals surface area (Å²) in [5.41, 5.74) is 0.777. The summed E-state index contributed by atoms with van der Waals surface area (Å²) in [4.78, 5) is 8.65. The molecule has 3 unspecified atom stereocenters. The van der Waals surface area contributed by atoms with Crippen LogP contribution in [0, 0.1) is 0 Å². The highest BCUT2D eigenvalue weighted by molar-refractivity contribution is 8.07. The van der Waals surface area contributed by atoms with Crippen LogP contribution in [0.25, 0.3) is 0 Å². The molecular formula is C11H16N2OS2. The Kier molecular flexibility index (Phi) is 4.10. The van der Waals surface area contributed by atoms with Crippen molar-refractivity contribution < 1.29 is 5.11 Å². The van der Waals surface area contributed by atoms with Gasteiger partial charge in [0.2, 0.25) is 0 Å². The Balaban J connectivity index is 2.06. The van der Waals surface area contributed by atoms with Crippen LogP contribution in [0.15, 0.2) is 12.4 Å². The highest BCUT2D eigenvalue weighted by Crippen LogP contribution is 2.42. The number of hydrogen-bond acceptors (Lipinski definition) is 5. The first-order valence-electron chi connectivity index (χ1n) is 5.39. The fraction of sp³-hybridized carbons (Fsp3) is 0.636. The summed E-state index contributed by atoms with van der Waals surface area (Å²) in [6.45, 7) is 4.55. The lowest BCUT2D eigenvalue weighted by Gasteiger charge is -2.30. The third-order valence-electron chi connectivity index (χ3n) is 2.75. The molecule has 3 atom stereocenters. The second kappa shape index (κ2) is 5.38. The van der Waals surface area contributed by atoms with E-state index >= 15 is 0 Å². The molecule has 0 aromatic carbocycles. The maximum absolute atomic E-state index is 8.93.